The van der Waals surface area contributed by atoms with Crippen molar-refractivity contribution in [1.29, 1.82) is 0 Å². The fraction of sp³-hybridized carbons (Fsp3) is 0.294. The van der Waals surface area contributed by atoms with Crippen LogP contribution in [0.4, 0.5) is 0 Å². The summed E-state index contributed by atoms with van der Waals surface area (Å²) in [5.41, 5.74) is 1.84. The van der Waals surface area contributed by atoms with Crippen molar-refractivity contribution >= 4 is 32.3 Å². The first-order valence-electron chi connectivity index (χ1n) is 13.8. The fourth-order valence-electron chi connectivity index (χ4n) is 4.98. The van der Waals surface area contributed by atoms with Crippen LogP contribution in [0.3, 0.4) is 0 Å². The molecule has 6 rings (SSSR count). The van der Waals surface area contributed by atoms with Gasteiger partial charge in [-0.3, -0.25) is 0 Å². The highest BCUT2D eigenvalue weighted by molar-refractivity contribution is 6.23. The summed E-state index contributed by atoms with van der Waals surface area (Å²) in [6.45, 7) is 4.82. The molecule has 0 radical (unpaired) electrons. The van der Waals surface area contributed by atoms with Gasteiger partial charge in [0.1, 0.15) is 13.2 Å². The molecule has 0 N–H and O–H groups in total. The molecule has 0 saturated heterocycles. The standard InChI is InChI=1S/C34H32O6/c1-2-27-9-10-29-8-7-26(30-12-11-28(3-1)33(27)34(29)30)6-4-25-5-13-31-32(24-25)40-23-21-38-19-17-36-15-14-35-16-18-37-20-22-39-31/h1-3,5,7-13,24H,14-23H2. The molecule has 6 heteroatoms. The minimum absolute atomic E-state index is 0.391. The van der Waals surface area contributed by atoms with Gasteiger partial charge in [-0.05, 0) is 56.6 Å². The van der Waals surface area contributed by atoms with Gasteiger partial charge in [0.05, 0.1) is 52.9 Å². The minimum atomic E-state index is 0.391. The average Bonchev–Trinajstić information content (AvgIpc) is 2.99. The molecule has 0 unspecified atom stereocenters. The third-order valence-electron chi connectivity index (χ3n) is 6.90. The first kappa shape index (κ1) is 26.4. The lowest BCUT2D eigenvalue weighted by molar-refractivity contribution is -0.00841. The number of benzene rings is 5. The lowest BCUT2D eigenvalue weighted by atomic mass is 9.92. The zero-order chi connectivity index (χ0) is 27.0. The van der Waals surface area contributed by atoms with Crippen LogP contribution in [0.25, 0.3) is 32.3 Å². The molecule has 1 heterocycles. The Morgan fingerprint density at radius 1 is 0.450 bits per heavy atom. The van der Waals surface area contributed by atoms with Crippen LogP contribution < -0.4 is 9.47 Å². The maximum absolute atomic E-state index is 6.05. The van der Waals surface area contributed by atoms with Crippen LogP contribution >= 0.6 is 0 Å². The molecule has 0 fully saturated rings. The molecule has 0 atom stereocenters. The van der Waals surface area contributed by atoms with Crippen LogP contribution in [0.15, 0.2) is 72.8 Å². The summed E-state index contributed by atoms with van der Waals surface area (Å²) in [5.74, 6) is 8.04. The van der Waals surface area contributed by atoms with Crippen molar-refractivity contribution < 1.29 is 28.4 Å². The molecular weight excluding hydrogens is 504 g/mol. The predicted molar refractivity (Wildman–Crippen MR) is 157 cm³/mol. The summed E-state index contributed by atoms with van der Waals surface area (Å²) < 4.78 is 34.3. The van der Waals surface area contributed by atoms with Gasteiger partial charge in [-0.15, -0.1) is 0 Å². The number of hydrogen-bond donors (Lipinski definition) is 0. The Bertz CT molecular complexity index is 1620. The van der Waals surface area contributed by atoms with Crippen LogP contribution in [0.5, 0.6) is 11.5 Å². The molecule has 5 aromatic rings. The summed E-state index contributed by atoms with van der Waals surface area (Å²) >= 11 is 0. The molecule has 1 aliphatic rings. The first-order chi connectivity index (χ1) is 19.9. The smallest absolute Gasteiger partial charge is 0.162 e. The Morgan fingerprint density at radius 3 is 1.68 bits per heavy atom. The fourth-order valence-corrected chi connectivity index (χ4v) is 4.98. The van der Waals surface area contributed by atoms with Gasteiger partial charge in [-0.25, -0.2) is 0 Å². The highest BCUT2D eigenvalue weighted by Gasteiger charge is 2.11. The van der Waals surface area contributed by atoms with E-state index in [1.54, 1.807) is 0 Å². The van der Waals surface area contributed by atoms with E-state index in [2.05, 4.69) is 66.4 Å². The van der Waals surface area contributed by atoms with Crippen molar-refractivity contribution in [1.82, 2.24) is 0 Å². The Balaban J connectivity index is 1.24. The molecule has 0 aromatic heterocycles. The molecule has 6 nitrogen and oxygen atoms in total. The van der Waals surface area contributed by atoms with Gasteiger partial charge >= 0.3 is 0 Å². The summed E-state index contributed by atoms with van der Waals surface area (Å²) in [4.78, 5) is 0. The number of rotatable bonds is 0. The van der Waals surface area contributed by atoms with Crippen LogP contribution in [-0.4, -0.2) is 66.1 Å². The molecule has 0 spiro atoms. The number of hydrogen-bond acceptors (Lipinski definition) is 6. The van der Waals surface area contributed by atoms with Crippen LogP contribution in [-0.2, 0) is 18.9 Å². The highest BCUT2D eigenvalue weighted by atomic mass is 16.6. The van der Waals surface area contributed by atoms with E-state index in [0.29, 0.717) is 77.6 Å². The molecule has 0 saturated carbocycles. The maximum Gasteiger partial charge on any atom is 0.162 e. The second kappa shape index (κ2) is 13.0. The van der Waals surface area contributed by atoms with Crippen molar-refractivity contribution in [3.05, 3.63) is 83.9 Å². The van der Waals surface area contributed by atoms with E-state index >= 15 is 0 Å². The normalized spacial score (nSPS) is 16.3. The van der Waals surface area contributed by atoms with Crippen molar-refractivity contribution in [3.8, 4) is 23.3 Å². The molecule has 5 aromatic carbocycles. The summed E-state index contributed by atoms with van der Waals surface area (Å²) in [5, 5.41) is 7.44. The van der Waals surface area contributed by atoms with Crippen molar-refractivity contribution in [2.75, 3.05) is 66.1 Å². The second-order valence-electron chi connectivity index (χ2n) is 9.53. The molecule has 204 valence electrons. The largest absolute Gasteiger partial charge is 0.487 e. The number of ether oxygens (including phenoxy) is 6. The Kier molecular flexibility index (Phi) is 8.57. The second-order valence-corrected chi connectivity index (χ2v) is 9.53. The molecular formula is C34H32O6. The summed E-state index contributed by atoms with van der Waals surface area (Å²) in [6, 6.07) is 25.2. The van der Waals surface area contributed by atoms with E-state index in [4.69, 9.17) is 28.4 Å². The monoisotopic (exact) mass is 536 g/mol. The average molecular weight is 537 g/mol. The van der Waals surface area contributed by atoms with E-state index in [0.717, 1.165) is 16.5 Å². The van der Waals surface area contributed by atoms with Crippen LogP contribution in [0.2, 0.25) is 0 Å². The third-order valence-corrected chi connectivity index (χ3v) is 6.90. The third kappa shape index (κ3) is 6.14. The molecule has 40 heavy (non-hydrogen) atoms. The van der Waals surface area contributed by atoms with Gasteiger partial charge in [-0.1, -0.05) is 60.4 Å². The molecule has 1 aliphatic heterocycles. The summed E-state index contributed by atoms with van der Waals surface area (Å²) in [6.07, 6.45) is 0. The Morgan fingerprint density at radius 2 is 1.00 bits per heavy atom. The first-order valence-corrected chi connectivity index (χ1v) is 13.8. The lowest BCUT2D eigenvalue weighted by Crippen LogP contribution is -2.16. The van der Waals surface area contributed by atoms with Gasteiger partial charge < -0.3 is 28.4 Å². The molecule has 0 aliphatic carbocycles. The zero-order valence-electron chi connectivity index (χ0n) is 22.4. The molecule has 0 amide bonds. The van der Waals surface area contributed by atoms with Gasteiger partial charge in [0, 0.05) is 11.1 Å². The quantitative estimate of drug-likeness (QED) is 0.184. The van der Waals surface area contributed by atoms with E-state index in [1.165, 1.54) is 26.9 Å². The van der Waals surface area contributed by atoms with E-state index in [-0.39, 0.29) is 0 Å². The zero-order valence-corrected chi connectivity index (χ0v) is 22.4. The van der Waals surface area contributed by atoms with Crippen LogP contribution in [0, 0.1) is 11.8 Å². The molecule has 0 bridgehead atoms. The minimum Gasteiger partial charge on any atom is -0.487 e. The van der Waals surface area contributed by atoms with E-state index in [1.807, 2.05) is 18.2 Å². The van der Waals surface area contributed by atoms with Crippen LogP contribution in [0.1, 0.15) is 11.1 Å². The van der Waals surface area contributed by atoms with Crippen molar-refractivity contribution in [2.45, 2.75) is 0 Å². The SMILES string of the molecule is C(#Cc1ccc2ccc3cccc4ccc1c2c34)c1ccc2c(c1)OCCOCCOCCOCCOCCO2. The van der Waals surface area contributed by atoms with Gasteiger partial charge in [0.25, 0.3) is 0 Å². The summed E-state index contributed by atoms with van der Waals surface area (Å²) in [7, 11) is 0. The Labute approximate surface area is 234 Å². The Hall–Kier alpha value is -3.86. The number of fused-ring (bicyclic) bond motifs is 1. The topological polar surface area (TPSA) is 55.4 Å². The van der Waals surface area contributed by atoms with Gasteiger partial charge in [-0.2, -0.15) is 0 Å². The maximum atomic E-state index is 6.05. The van der Waals surface area contributed by atoms with E-state index < -0.39 is 0 Å². The van der Waals surface area contributed by atoms with Crippen molar-refractivity contribution in [2.24, 2.45) is 0 Å². The van der Waals surface area contributed by atoms with Gasteiger partial charge in [0.2, 0.25) is 0 Å². The predicted octanol–water partition coefficient (Wildman–Crippen LogP) is 5.82. The highest BCUT2D eigenvalue weighted by Crippen LogP contribution is 2.35. The van der Waals surface area contributed by atoms with E-state index in [9.17, 15) is 0 Å². The lowest BCUT2D eigenvalue weighted by Gasteiger charge is -2.14. The van der Waals surface area contributed by atoms with Crippen molar-refractivity contribution in [3.63, 3.8) is 0 Å². The van der Waals surface area contributed by atoms with Gasteiger partial charge in [0.15, 0.2) is 11.5 Å².